The van der Waals surface area contributed by atoms with Crippen LogP contribution in [0.15, 0.2) is 48.5 Å². The van der Waals surface area contributed by atoms with Crippen molar-refractivity contribution in [1.82, 2.24) is 4.98 Å². The predicted octanol–water partition coefficient (Wildman–Crippen LogP) is 4.38. The van der Waals surface area contributed by atoms with Gasteiger partial charge in [-0.05, 0) is 42.8 Å². The maximum atomic E-state index is 12.8. The van der Waals surface area contributed by atoms with Crippen LogP contribution in [0.4, 0.5) is 11.4 Å². The summed E-state index contributed by atoms with van der Waals surface area (Å²) in [7, 11) is 1.31. The summed E-state index contributed by atoms with van der Waals surface area (Å²) in [6, 6.07) is 14.5. The van der Waals surface area contributed by atoms with Crippen LogP contribution in [0.25, 0.3) is 21.1 Å². The second-order valence-corrected chi connectivity index (χ2v) is 7.41. The molecule has 0 unspecified atom stereocenters. The van der Waals surface area contributed by atoms with Crippen molar-refractivity contribution in [2.75, 3.05) is 18.2 Å². The van der Waals surface area contributed by atoms with Gasteiger partial charge in [-0.15, -0.1) is 11.3 Å². The number of rotatable bonds is 3. The third-order valence-corrected chi connectivity index (χ3v) is 5.53. The number of ether oxygens (including phenoxy) is 1. The van der Waals surface area contributed by atoms with Gasteiger partial charge in [0.2, 0.25) is 0 Å². The Labute approximate surface area is 164 Å². The number of nitrogen functional groups attached to an aromatic ring is 1. The van der Waals surface area contributed by atoms with Crippen molar-refractivity contribution in [3.63, 3.8) is 0 Å². The van der Waals surface area contributed by atoms with Crippen LogP contribution in [0, 0.1) is 6.92 Å². The molecule has 3 N–H and O–H groups in total. The van der Waals surface area contributed by atoms with Crippen molar-refractivity contribution >= 4 is 55.7 Å². The molecule has 2 aromatic heterocycles. The Morgan fingerprint density at radius 3 is 2.75 bits per heavy atom. The molecular formula is C21H17N3O3S. The fourth-order valence-corrected chi connectivity index (χ4v) is 3.98. The smallest absolute Gasteiger partial charge is 0.337 e. The first-order chi connectivity index (χ1) is 13.5. The molecule has 0 aliphatic heterocycles. The summed E-state index contributed by atoms with van der Waals surface area (Å²) >= 11 is 1.25. The Morgan fingerprint density at radius 1 is 1.14 bits per heavy atom. The molecule has 6 nitrogen and oxygen atoms in total. The van der Waals surface area contributed by atoms with Crippen molar-refractivity contribution < 1.29 is 14.3 Å². The lowest BCUT2D eigenvalue weighted by Gasteiger charge is -2.06. The van der Waals surface area contributed by atoms with Crippen molar-refractivity contribution in [3.8, 4) is 0 Å². The zero-order chi connectivity index (χ0) is 19.8. The number of nitrogens with zero attached hydrogens (tertiary/aromatic N) is 1. The van der Waals surface area contributed by atoms with Crippen LogP contribution in [0.5, 0.6) is 0 Å². The van der Waals surface area contributed by atoms with E-state index in [-0.39, 0.29) is 5.91 Å². The zero-order valence-electron chi connectivity index (χ0n) is 15.3. The summed E-state index contributed by atoms with van der Waals surface area (Å²) in [6.45, 7) is 2.01. The number of hydrogen-bond acceptors (Lipinski definition) is 6. The van der Waals surface area contributed by atoms with E-state index in [1.54, 1.807) is 24.3 Å². The fourth-order valence-electron chi connectivity index (χ4n) is 3.00. The number of fused-ring (bicyclic) bond motifs is 2. The molecule has 4 aromatic rings. The van der Waals surface area contributed by atoms with Gasteiger partial charge in [-0.2, -0.15) is 0 Å². The van der Waals surface area contributed by atoms with Gasteiger partial charge in [0.15, 0.2) is 0 Å². The van der Waals surface area contributed by atoms with E-state index in [2.05, 4.69) is 10.3 Å². The number of methoxy groups -OCH3 is 1. The molecule has 0 saturated heterocycles. The number of esters is 1. The summed E-state index contributed by atoms with van der Waals surface area (Å²) in [5.41, 5.74) is 9.47. The summed E-state index contributed by atoms with van der Waals surface area (Å²) < 4.78 is 4.71. The minimum Gasteiger partial charge on any atom is -0.465 e. The number of carbonyl (C=O) groups excluding carboxylic acids is 2. The highest BCUT2D eigenvalue weighted by Crippen LogP contribution is 2.35. The highest BCUT2D eigenvalue weighted by Gasteiger charge is 2.18. The van der Waals surface area contributed by atoms with E-state index in [0.717, 1.165) is 21.9 Å². The van der Waals surface area contributed by atoms with Crippen molar-refractivity contribution in [3.05, 3.63) is 64.5 Å². The Hall–Kier alpha value is -3.45. The van der Waals surface area contributed by atoms with Gasteiger partial charge in [0.25, 0.3) is 5.91 Å². The first-order valence-electron chi connectivity index (χ1n) is 8.55. The number of thiophene rings is 1. The molecule has 0 aliphatic carbocycles. The number of benzene rings is 2. The lowest BCUT2D eigenvalue weighted by molar-refractivity contribution is 0.0600. The third-order valence-electron chi connectivity index (χ3n) is 4.42. The Kier molecular flexibility index (Phi) is 4.44. The molecule has 28 heavy (non-hydrogen) atoms. The van der Waals surface area contributed by atoms with Crippen LogP contribution < -0.4 is 11.1 Å². The number of nitrogens with two attached hydrogens (primary N) is 1. The minimum absolute atomic E-state index is 0.345. The van der Waals surface area contributed by atoms with E-state index < -0.39 is 5.97 Å². The highest BCUT2D eigenvalue weighted by atomic mass is 32.1. The number of anilines is 2. The Balaban J connectivity index is 1.70. The molecule has 2 aromatic carbocycles. The van der Waals surface area contributed by atoms with E-state index in [4.69, 9.17) is 10.5 Å². The SMILES string of the molecule is COC(=O)c1cccc(NC(=O)c2sc3nc4cc(C)ccc4cc3c2N)c1. The zero-order valence-corrected chi connectivity index (χ0v) is 16.1. The Morgan fingerprint density at radius 2 is 1.96 bits per heavy atom. The average Bonchev–Trinajstić information content (AvgIpc) is 3.01. The molecule has 0 spiro atoms. The number of nitrogens with one attached hydrogen (secondary N) is 1. The van der Waals surface area contributed by atoms with Crippen LogP contribution in [0.3, 0.4) is 0 Å². The first kappa shape index (κ1) is 17.9. The number of carbonyl (C=O) groups is 2. The summed E-state index contributed by atoms with van der Waals surface area (Å²) in [4.78, 5) is 30.2. The third kappa shape index (κ3) is 3.16. The Bertz CT molecular complexity index is 1250. The molecule has 0 saturated carbocycles. The molecular weight excluding hydrogens is 374 g/mol. The maximum absolute atomic E-state index is 12.8. The molecule has 2 heterocycles. The molecule has 0 bridgehead atoms. The topological polar surface area (TPSA) is 94.3 Å². The summed E-state index contributed by atoms with van der Waals surface area (Å²) in [5, 5.41) is 4.52. The monoisotopic (exact) mass is 391 g/mol. The molecule has 140 valence electrons. The number of aryl methyl sites for hydroxylation is 1. The van der Waals surface area contributed by atoms with E-state index in [0.29, 0.717) is 26.6 Å². The molecule has 7 heteroatoms. The fraction of sp³-hybridized carbons (Fsp3) is 0.0952. The second-order valence-electron chi connectivity index (χ2n) is 6.41. The molecule has 0 aliphatic rings. The van der Waals surface area contributed by atoms with Gasteiger partial charge in [-0.25, -0.2) is 9.78 Å². The van der Waals surface area contributed by atoms with E-state index >= 15 is 0 Å². The number of aromatic nitrogens is 1. The van der Waals surface area contributed by atoms with E-state index in [1.807, 2.05) is 31.2 Å². The maximum Gasteiger partial charge on any atom is 0.337 e. The van der Waals surface area contributed by atoms with Crippen molar-refractivity contribution in [2.45, 2.75) is 6.92 Å². The lowest BCUT2D eigenvalue weighted by Crippen LogP contribution is -2.12. The average molecular weight is 391 g/mol. The number of hydrogen-bond donors (Lipinski definition) is 2. The minimum atomic E-state index is -0.469. The van der Waals surface area contributed by atoms with Crippen LogP contribution >= 0.6 is 11.3 Å². The molecule has 4 rings (SSSR count). The normalized spacial score (nSPS) is 10.9. The van der Waals surface area contributed by atoms with Gasteiger partial charge < -0.3 is 15.8 Å². The van der Waals surface area contributed by atoms with Crippen molar-refractivity contribution in [1.29, 1.82) is 0 Å². The molecule has 1 amide bonds. The van der Waals surface area contributed by atoms with Crippen LogP contribution in [0.1, 0.15) is 25.6 Å². The summed E-state index contributed by atoms with van der Waals surface area (Å²) in [5.74, 6) is -0.814. The second kappa shape index (κ2) is 6.94. The largest absolute Gasteiger partial charge is 0.465 e. The predicted molar refractivity (Wildman–Crippen MR) is 112 cm³/mol. The lowest BCUT2D eigenvalue weighted by atomic mass is 10.1. The number of amides is 1. The van der Waals surface area contributed by atoms with Gasteiger partial charge in [-0.1, -0.05) is 18.2 Å². The van der Waals surface area contributed by atoms with Crippen LogP contribution in [-0.2, 0) is 4.74 Å². The standard InChI is InChI=1S/C21H17N3O3S/c1-11-6-7-12-10-15-17(22)18(28-20(15)24-16(12)8-11)19(25)23-14-5-3-4-13(9-14)21(26)27-2/h3-10H,22H2,1-2H3,(H,23,25). The quantitative estimate of drug-likeness (QED) is 0.506. The van der Waals surface area contributed by atoms with Crippen LogP contribution in [-0.4, -0.2) is 24.0 Å². The van der Waals surface area contributed by atoms with Gasteiger partial charge in [0.05, 0.1) is 23.9 Å². The van der Waals surface area contributed by atoms with Crippen molar-refractivity contribution in [2.24, 2.45) is 0 Å². The van der Waals surface area contributed by atoms with E-state index in [9.17, 15) is 9.59 Å². The molecule has 0 atom stereocenters. The van der Waals surface area contributed by atoms with Gasteiger partial charge in [0.1, 0.15) is 9.71 Å². The number of pyridine rings is 1. The molecule has 0 fully saturated rings. The summed E-state index contributed by atoms with van der Waals surface area (Å²) in [6.07, 6.45) is 0. The van der Waals surface area contributed by atoms with E-state index in [1.165, 1.54) is 18.4 Å². The highest BCUT2D eigenvalue weighted by molar-refractivity contribution is 7.21. The van der Waals surface area contributed by atoms with Gasteiger partial charge >= 0.3 is 5.97 Å². The van der Waals surface area contributed by atoms with Crippen LogP contribution in [0.2, 0.25) is 0 Å². The van der Waals surface area contributed by atoms with Gasteiger partial charge in [-0.3, -0.25) is 4.79 Å². The van der Waals surface area contributed by atoms with Gasteiger partial charge in [0, 0.05) is 16.5 Å². The first-order valence-corrected chi connectivity index (χ1v) is 9.37. The molecule has 0 radical (unpaired) electrons.